The van der Waals surface area contributed by atoms with Gasteiger partial charge in [0.2, 0.25) is 0 Å². The van der Waals surface area contributed by atoms with E-state index in [1.54, 1.807) is 7.11 Å². The van der Waals surface area contributed by atoms with E-state index in [0.717, 1.165) is 25.0 Å². The molecule has 1 saturated heterocycles. The molecule has 4 rings (SSSR count). The van der Waals surface area contributed by atoms with Crippen LogP contribution < -0.4 is 4.74 Å². The predicted molar refractivity (Wildman–Crippen MR) is 81.4 cm³/mol. The predicted octanol–water partition coefficient (Wildman–Crippen LogP) is 3.38. The summed E-state index contributed by atoms with van der Waals surface area (Å²) in [6, 6.07) is 6.58. The minimum atomic E-state index is -1.97. The first kappa shape index (κ1) is 9.83. The van der Waals surface area contributed by atoms with Crippen LogP contribution in [-0.2, 0) is 11.8 Å². The SMILES string of the molecule is [2H]C([2H])([2H])N1CCC23CCCCC2C1Cc1ccc(OC)cc13. The number of fused-ring (bicyclic) bond motifs is 1. The summed E-state index contributed by atoms with van der Waals surface area (Å²) in [7, 11) is 1.72. The van der Waals surface area contributed by atoms with E-state index in [2.05, 4.69) is 12.1 Å². The number of ether oxygens (including phenoxy) is 1. The van der Waals surface area contributed by atoms with Gasteiger partial charge < -0.3 is 9.64 Å². The molecule has 2 heteroatoms. The van der Waals surface area contributed by atoms with Crippen molar-refractivity contribution in [1.82, 2.24) is 4.90 Å². The third kappa shape index (κ3) is 1.60. The molecule has 3 unspecified atom stereocenters. The molecule has 108 valence electrons. The van der Waals surface area contributed by atoms with Crippen molar-refractivity contribution in [3.05, 3.63) is 29.3 Å². The van der Waals surface area contributed by atoms with Crippen molar-refractivity contribution in [1.29, 1.82) is 0 Å². The molecule has 0 aromatic heterocycles. The monoisotopic (exact) mass is 274 g/mol. The molecule has 3 atom stereocenters. The number of likely N-dealkylation sites (N-methyl/N-ethyl adjacent to an activating group) is 1. The van der Waals surface area contributed by atoms with Crippen LogP contribution in [0.15, 0.2) is 18.2 Å². The first-order chi connectivity index (χ1) is 11.0. The van der Waals surface area contributed by atoms with E-state index in [9.17, 15) is 0 Å². The highest BCUT2D eigenvalue weighted by Gasteiger charge is 2.53. The Morgan fingerprint density at radius 3 is 3.15 bits per heavy atom. The molecule has 2 bridgehead atoms. The van der Waals surface area contributed by atoms with Crippen LogP contribution in [0.25, 0.3) is 0 Å². The Morgan fingerprint density at radius 2 is 2.30 bits per heavy atom. The third-order valence-electron chi connectivity index (χ3n) is 6.04. The van der Waals surface area contributed by atoms with Gasteiger partial charge in [-0.3, -0.25) is 0 Å². The van der Waals surface area contributed by atoms with Gasteiger partial charge in [0.05, 0.1) is 7.11 Å². The average Bonchev–Trinajstić information content (AvgIpc) is 2.53. The second-order valence-electron chi connectivity index (χ2n) is 6.75. The van der Waals surface area contributed by atoms with Crippen molar-refractivity contribution in [3.63, 3.8) is 0 Å². The first-order valence-electron chi connectivity index (χ1n) is 9.40. The van der Waals surface area contributed by atoms with Crippen LogP contribution in [-0.4, -0.2) is 31.6 Å². The van der Waals surface area contributed by atoms with Gasteiger partial charge in [-0.2, -0.15) is 0 Å². The van der Waals surface area contributed by atoms with Crippen LogP contribution in [0.5, 0.6) is 5.75 Å². The molecule has 0 radical (unpaired) electrons. The van der Waals surface area contributed by atoms with Crippen molar-refractivity contribution < 1.29 is 8.85 Å². The second kappa shape index (κ2) is 4.49. The molecule has 1 saturated carbocycles. The standard InChI is InChI=1S/C18H25NO/c1-19-10-9-18-8-4-3-5-15(18)17(19)11-13-6-7-14(20-2)12-16(13)18/h6-7,12,15,17H,3-5,8-11H2,1-2H3/i1D3. The lowest BCUT2D eigenvalue weighted by atomic mass is 9.52. The Balaban J connectivity index is 1.84. The molecule has 1 aliphatic heterocycles. The summed E-state index contributed by atoms with van der Waals surface area (Å²) in [5.74, 6) is 1.41. The minimum absolute atomic E-state index is 0.164. The highest BCUT2D eigenvalue weighted by Crippen LogP contribution is 2.55. The van der Waals surface area contributed by atoms with Crippen LogP contribution in [0.4, 0.5) is 0 Å². The Kier molecular flexibility index (Phi) is 2.21. The summed E-state index contributed by atoms with van der Waals surface area (Å²) in [4.78, 5) is 1.81. The topological polar surface area (TPSA) is 12.5 Å². The minimum Gasteiger partial charge on any atom is -0.497 e. The molecule has 0 spiro atoms. The number of piperidine rings is 1. The summed E-state index contributed by atoms with van der Waals surface area (Å²) in [5, 5.41) is 0. The normalized spacial score (nSPS) is 39.0. The maximum atomic E-state index is 7.94. The molecule has 2 fully saturated rings. The smallest absolute Gasteiger partial charge is 0.119 e. The quantitative estimate of drug-likeness (QED) is 0.778. The van der Waals surface area contributed by atoms with Gasteiger partial charge in [-0.05, 0) is 68.4 Å². The zero-order chi connectivity index (χ0) is 16.2. The van der Waals surface area contributed by atoms with Crippen LogP contribution in [0, 0.1) is 5.92 Å². The van der Waals surface area contributed by atoms with Gasteiger partial charge in [0, 0.05) is 15.6 Å². The number of nitrogens with zero attached hydrogens (tertiary/aromatic N) is 1. The number of benzene rings is 1. The van der Waals surface area contributed by atoms with Gasteiger partial charge in [-0.1, -0.05) is 18.9 Å². The molecule has 1 heterocycles. The molecule has 0 N–H and O–H groups in total. The van der Waals surface area contributed by atoms with E-state index >= 15 is 0 Å². The van der Waals surface area contributed by atoms with Crippen molar-refractivity contribution in [2.24, 2.45) is 5.92 Å². The van der Waals surface area contributed by atoms with Crippen molar-refractivity contribution in [2.75, 3.05) is 20.6 Å². The average molecular weight is 274 g/mol. The molecular formula is C18H25NO. The lowest BCUT2D eigenvalue weighted by Crippen LogP contribution is -2.59. The third-order valence-corrected chi connectivity index (χ3v) is 6.04. The highest BCUT2D eigenvalue weighted by atomic mass is 16.5. The summed E-state index contributed by atoms with van der Waals surface area (Å²) < 4.78 is 29.3. The van der Waals surface area contributed by atoms with Gasteiger partial charge in [0.25, 0.3) is 0 Å². The maximum absolute atomic E-state index is 7.94. The van der Waals surface area contributed by atoms with Crippen molar-refractivity contribution in [3.8, 4) is 5.75 Å². The van der Waals surface area contributed by atoms with Crippen LogP contribution >= 0.6 is 0 Å². The molecule has 1 aromatic rings. The summed E-state index contributed by atoms with van der Waals surface area (Å²) in [6.45, 7) is -1.29. The fraction of sp³-hybridized carbons (Fsp3) is 0.667. The number of methoxy groups -OCH3 is 1. The highest BCUT2D eigenvalue weighted by molar-refractivity contribution is 5.45. The van der Waals surface area contributed by atoms with Crippen LogP contribution in [0.1, 0.15) is 47.3 Å². The largest absolute Gasteiger partial charge is 0.497 e. The fourth-order valence-electron chi connectivity index (χ4n) is 5.11. The van der Waals surface area contributed by atoms with E-state index in [-0.39, 0.29) is 11.5 Å². The molecule has 2 aliphatic carbocycles. The van der Waals surface area contributed by atoms with E-state index in [4.69, 9.17) is 8.85 Å². The zero-order valence-corrected chi connectivity index (χ0v) is 12.2. The van der Waals surface area contributed by atoms with Crippen LogP contribution in [0.3, 0.4) is 0 Å². The molecular weight excluding hydrogens is 246 g/mol. The number of hydrogen-bond acceptors (Lipinski definition) is 2. The van der Waals surface area contributed by atoms with Gasteiger partial charge in [0.1, 0.15) is 5.75 Å². The first-order valence-corrected chi connectivity index (χ1v) is 7.90. The van der Waals surface area contributed by atoms with E-state index in [0.29, 0.717) is 12.5 Å². The van der Waals surface area contributed by atoms with Crippen molar-refractivity contribution >= 4 is 0 Å². The van der Waals surface area contributed by atoms with Gasteiger partial charge >= 0.3 is 0 Å². The van der Waals surface area contributed by atoms with E-state index < -0.39 is 6.98 Å². The molecule has 20 heavy (non-hydrogen) atoms. The van der Waals surface area contributed by atoms with Gasteiger partial charge in [-0.15, -0.1) is 0 Å². The summed E-state index contributed by atoms with van der Waals surface area (Å²) >= 11 is 0. The van der Waals surface area contributed by atoms with E-state index in [1.165, 1.54) is 30.4 Å². The number of hydrogen-bond donors (Lipinski definition) is 0. The Bertz CT molecular complexity index is 615. The molecule has 2 nitrogen and oxygen atoms in total. The van der Waals surface area contributed by atoms with Crippen molar-refractivity contribution in [2.45, 2.75) is 50.0 Å². The Labute approximate surface area is 126 Å². The summed E-state index contributed by atoms with van der Waals surface area (Å²) in [6.07, 6.45) is 6.68. The summed E-state index contributed by atoms with van der Waals surface area (Å²) in [5.41, 5.74) is 2.96. The molecule has 3 aliphatic rings. The molecule has 1 aromatic carbocycles. The van der Waals surface area contributed by atoms with Crippen LogP contribution in [0.2, 0.25) is 0 Å². The fourth-order valence-corrected chi connectivity index (χ4v) is 5.11. The van der Waals surface area contributed by atoms with E-state index in [1.807, 2.05) is 11.0 Å². The Hall–Kier alpha value is -1.02. The lowest BCUT2D eigenvalue weighted by molar-refractivity contribution is 0.00274. The molecule has 0 amide bonds. The lowest BCUT2D eigenvalue weighted by Gasteiger charge is -2.58. The number of likely N-dealkylation sites (tertiary alicyclic amines) is 1. The Morgan fingerprint density at radius 1 is 1.35 bits per heavy atom. The van der Waals surface area contributed by atoms with Gasteiger partial charge in [-0.25, -0.2) is 0 Å². The number of rotatable bonds is 1. The zero-order valence-electron chi connectivity index (χ0n) is 15.2. The van der Waals surface area contributed by atoms with Gasteiger partial charge in [0.15, 0.2) is 0 Å². The maximum Gasteiger partial charge on any atom is 0.119 e. The second-order valence-corrected chi connectivity index (χ2v) is 6.75.